The highest BCUT2D eigenvalue weighted by molar-refractivity contribution is 6.11. The maximum atomic E-state index is 12.4. The summed E-state index contributed by atoms with van der Waals surface area (Å²) >= 11 is 0. The zero-order chi connectivity index (χ0) is 15.9. The molecule has 5 heteroatoms. The van der Waals surface area contributed by atoms with E-state index in [1.165, 1.54) is 0 Å². The average Bonchev–Trinajstić information content (AvgIpc) is 2.61. The molecule has 3 rings (SSSR count). The molecule has 3 heterocycles. The van der Waals surface area contributed by atoms with Gasteiger partial charge < -0.3 is 10.6 Å². The van der Waals surface area contributed by atoms with E-state index < -0.39 is 0 Å². The number of nitrogens with one attached hydrogen (secondary N) is 2. The fourth-order valence-corrected chi connectivity index (χ4v) is 2.36. The van der Waals surface area contributed by atoms with Gasteiger partial charge in [0.05, 0.1) is 11.3 Å². The zero-order valence-corrected chi connectivity index (χ0v) is 13.3. The number of aromatic nitrogens is 2. The van der Waals surface area contributed by atoms with Crippen LogP contribution in [0.5, 0.6) is 0 Å². The lowest BCUT2D eigenvalue weighted by molar-refractivity contribution is 0.102. The van der Waals surface area contributed by atoms with Crippen LogP contribution in [0.4, 0.5) is 17.3 Å². The van der Waals surface area contributed by atoms with Crippen LogP contribution in [0.25, 0.3) is 0 Å². The molecule has 22 heavy (non-hydrogen) atoms. The van der Waals surface area contributed by atoms with E-state index in [1.54, 1.807) is 6.20 Å². The maximum absolute atomic E-state index is 12.4. The Kier molecular flexibility index (Phi) is 3.56. The molecular weight excluding hydrogens is 276 g/mol. The number of hydrogen-bond donors (Lipinski definition) is 2. The van der Waals surface area contributed by atoms with Gasteiger partial charge in [-0.05, 0) is 35.6 Å². The van der Waals surface area contributed by atoms with E-state index in [4.69, 9.17) is 0 Å². The third-order valence-electron chi connectivity index (χ3n) is 3.81. The summed E-state index contributed by atoms with van der Waals surface area (Å²) in [6.07, 6.45) is 1.81. The van der Waals surface area contributed by atoms with Gasteiger partial charge in [-0.3, -0.25) is 4.79 Å². The topological polar surface area (TPSA) is 66.9 Å². The van der Waals surface area contributed by atoms with Gasteiger partial charge in [-0.15, -0.1) is 0 Å². The molecule has 0 aromatic carbocycles. The summed E-state index contributed by atoms with van der Waals surface area (Å²) in [4.78, 5) is 21.5. The first-order valence-electron chi connectivity index (χ1n) is 7.55. The van der Waals surface area contributed by atoms with Crippen LogP contribution in [-0.2, 0) is 0 Å². The van der Waals surface area contributed by atoms with E-state index >= 15 is 0 Å². The van der Waals surface area contributed by atoms with Gasteiger partial charge in [0, 0.05) is 11.9 Å². The molecule has 2 aromatic heterocycles. The highest BCUT2D eigenvalue weighted by Gasteiger charge is 2.22. The van der Waals surface area contributed by atoms with Gasteiger partial charge in [0.25, 0.3) is 5.91 Å². The number of fused-ring (bicyclic) bond motifs is 2. The molecule has 1 amide bonds. The van der Waals surface area contributed by atoms with Crippen molar-refractivity contribution in [3.63, 3.8) is 0 Å². The summed E-state index contributed by atoms with van der Waals surface area (Å²) in [5.74, 6) is 1.68. The van der Waals surface area contributed by atoms with Crippen molar-refractivity contribution >= 4 is 23.2 Å². The summed E-state index contributed by atoms with van der Waals surface area (Å²) in [5.41, 5.74) is 3.24. The fraction of sp³-hybridized carbons (Fsp3) is 0.353. The Morgan fingerprint density at radius 2 is 1.77 bits per heavy atom. The molecule has 0 aliphatic carbocycles. The van der Waals surface area contributed by atoms with Crippen LogP contribution in [0.1, 0.15) is 61.1 Å². The standard InChI is InChI=1S/C17H20N4O/c1-9(2)11-7-12-15(18-8-11)21-16-14(20-17(12)22)6-5-13(19-16)10(3)4/h5-10H,1-4H3,(H,20,22)(H,18,19,21). The molecule has 5 nitrogen and oxygen atoms in total. The molecule has 2 N–H and O–H groups in total. The van der Waals surface area contributed by atoms with E-state index in [-0.39, 0.29) is 5.91 Å². The van der Waals surface area contributed by atoms with Crippen LogP contribution >= 0.6 is 0 Å². The molecule has 0 unspecified atom stereocenters. The van der Waals surface area contributed by atoms with E-state index in [9.17, 15) is 4.79 Å². The Labute approximate surface area is 130 Å². The lowest BCUT2D eigenvalue weighted by Crippen LogP contribution is -2.12. The molecule has 0 fully saturated rings. The Morgan fingerprint density at radius 3 is 2.45 bits per heavy atom. The maximum Gasteiger partial charge on any atom is 0.259 e. The number of hydrogen-bond acceptors (Lipinski definition) is 4. The van der Waals surface area contributed by atoms with Crippen molar-refractivity contribution in [2.45, 2.75) is 39.5 Å². The summed E-state index contributed by atoms with van der Waals surface area (Å²) in [6.45, 7) is 8.34. The van der Waals surface area contributed by atoms with Crippen molar-refractivity contribution in [2.24, 2.45) is 0 Å². The van der Waals surface area contributed by atoms with Crippen LogP contribution in [0, 0.1) is 0 Å². The smallest absolute Gasteiger partial charge is 0.259 e. The third kappa shape index (κ3) is 2.54. The van der Waals surface area contributed by atoms with Gasteiger partial charge in [0.15, 0.2) is 5.82 Å². The number of carbonyl (C=O) groups excluding carboxylic acids is 1. The Bertz CT molecular complexity index is 737. The third-order valence-corrected chi connectivity index (χ3v) is 3.81. The Balaban J connectivity index is 2.07. The molecule has 0 radical (unpaired) electrons. The number of rotatable bonds is 2. The minimum atomic E-state index is -0.157. The van der Waals surface area contributed by atoms with E-state index in [0.29, 0.717) is 34.7 Å². The monoisotopic (exact) mass is 296 g/mol. The second kappa shape index (κ2) is 5.40. The van der Waals surface area contributed by atoms with Gasteiger partial charge in [-0.1, -0.05) is 27.7 Å². The summed E-state index contributed by atoms with van der Waals surface area (Å²) in [7, 11) is 0. The number of anilines is 3. The molecular formula is C17H20N4O. The molecule has 0 bridgehead atoms. The van der Waals surface area contributed by atoms with Crippen LogP contribution in [0.2, 0.25) is 0 Å². The summed E-state index contributed by atoms with van der Waals surface area (Å²) in [6, 6.07) is 5.72. The van der Waals surface area contributed by atoms with Crippen LogP contribution in [-0.4, -0.2) is 15.9 Å². The summed E-state index contributed by atoms with van der Waals surface area (Å²) < 4.78 is 0. The second-order valence-corrected chi connectivity index (χ2v) is 6.19. The van der Waals surface area contributed by atoms with Crippen molar-refractivity contribution in [3.8, 4) is 0 Å². The minimum Gasteiger partial charge on any atom is -0.323 e. The highest BCUT2D eigenvalue weighted by atomic mass is 16.1. The predicted molar refractivity (Wildman–Crippen MR) is 87.9 cm³/mol. The van der Waals surface area contributed by atoms with E-state index in [2.05, 4.69) is 48.3 Å². The molecule has 0 spiro atoms. The predicted octanol–water partition coefficient (Wildman–Crippen LogP) is 4.03. The SMILES string of the molecule is CC(C)c1cnc2c(c1)C(=O)Nc1ccc(C(C)C)nc1N2. The van der Waals surface area contributed by atoms with Gasteiger partial charge >= 0.3 is 0 Å². The lowest BCUT2D eigenvalue weighted by atomic mass is 10.0. The fourth-order valence-electron chi connectivity index (χ4n) is 2.36. The largest absolute Gasteiger partial charge is 0.323 e. The lowest BCUT2D eigenvalue weighted by Gasteiger charge is -2.11. The van der Waals surface area contributed by atoms with Gasteiger partial charge in [-0.2, -0.15) is 0 Å². The molecule has 2 aromatic rings. The molecule has 0 atom stereocenters. The Hall–Kier alpha value is -2.43. The van der Waals surface area contributed by atoms with Gasteiger partial charge in [0.1, 0.15) is 5.82 Å². The number of carbonyl (C=O) groups is 1. The first kappa shape index (κ1) is 14.5. The number of amides is 1. The van der Waals surface area contributed by atoms with E-state index in [1.807, 2.05) is 18.2 Å². The molecule has 114 valence electrons. The average molecular weight is 296 g/mol. The summed E-state index contributed by atoms with van der Waals surface area (Å²) in [5, 5.41) is 6.10. The van der Waals surface area contributed by atoms with Crippen LogP contribution in [0.15, 0.2) is 24.4 Å². The van der Waals surface area contributed by atoms with Gasteiger partial charge in [-0.25, -0.2) is 9.97 Å². The van der Waals surface area contributed by atoms with Gasteiger partial charge in [0.2, 0.25) is 0 Å². The molecule has 1 aliphatic rings. The normalized spacial score (nSPS) is 13.3. The first-order valence-corrected chi connectivity index (χ1v) is 7.55. The highest BCUT2D eigenvalue weighted by Crippen LogP contribution is 2.31. The quantitative estimate of drug-likeness (QED) is 0.878. The van der Waals surface area contributed by atoms with Crippen LogP contribution in [0.3, 0.4) is 0 Å². The molecule has 1 aliphatic heterocycles. The first-order chi connectivity index (χ1) is 10.5. The number of nitrogens with zero attached hydrogens (tertiary/aromatic N) is 2. The van der Waals surface area contributed by atoms with Crippen molar-refractivity contribution in [1.82, 2.24) is 9.97 Å². The van der Waals surface area contributed by atoms with E-state index in [0.717, 1.165) is 11.3 Å². The molecule has 0 saturated heterocycles. The van der Waals surface area contributed by atoms with Crippen molar-refractivity contribution in [3.05, 3.63) is 41.2 Å². The van der Waals surface area contributed by atoms with Crippen molar-refractivity contribution in [1.29, 1.82) is 0 Å². The van der Waals surface area contributed by atoms with Crippen molar-refractivity contribution < 1.29 is 4.79 Å². The second-order valence-electron chi connectivity index (χ2n) is 6.19. The minimum absolute atomic E-state index is 0.157. The number of pyridine rings is 2. The Morgan fingerprint density at radius 1 is 1.00 bits per heavy atom. The zero-order valence-electron chi connectivity index (χ0n) is 13.3. The van der Waals surface area contributed by atoms with Crippen LogP contribution < -0.4 is 10.6 Å². The van der Waals surface area contributed by atoms with Crippen molar-refractivity contribution in [2.75, 3.05) is 10.6 Å². The molecule has 0 saturated carbocycles.